The minimum atomic E-state index is -0.373. The second kappa shape index (κ2) is 3.92. The van der Waals surface area contributed by atoms with E-state index in [-0.39, 0.29) is 5.69 Å². The Bertz CT molecular complexity index is 760. The fraction of sp³-hybridized carbons (Fsp3) is 0. The van der Waals surface area contributed by atoms with Crippen molar-refractivity contribution < 1.29 is 0 Å². The molecule has 0 saturated heterocycles. The Morgan fingerprint density at radius 2 is 2.00 bits per heavy atom. The summed E-state index contributed by atoms with van der Waals surface area (Å²) < 4.78 is 0. The van der Waals surface area contributed by atoms with Gasteiger partial charge in [-0.1, -0.05) is 6.07 Å². The minimum Gasteiger partial charge on any atom is -0.383 e. The lowest BCUT2D eigenvalue weighted by Crippen LogP contribution is -2.07. The Kier molecular flexibility index (Phi) is 2.26. The van der Waals surface area contributed by atoms with Gasteiger partial charge in [0, 0.05) is 23.3 Å². The second-order valence-electron chi connectivity index (χ2n) is 3.80. The fourth-order valence-electron chi connectivity index (χ4n) is 1.76. The first-order chi connectivity index (χ1) is 8.74. The highest BCUT2D eigenvalue weighted by molar-refractivity contribution is 5.91. The standard InChI is InChI=1S/C12H9N5O/c13-11-9-3-7(1-2-10(9)16-6-17-11)8-4-14-12(18)15-5-8/h1-6H,(H2,13,16,17)(H,14,15,18). The van der Waals surface area contributed by atoms with Crippen molar-refractivity contribution in [2.75, 3.05) is 5.73 Å². The fourth-order valence-corrected chi connectivity index (χ4v) is 1.76. The number of aromatic nitrogens is 4. The molecule has 0 bridgehead atoms. The Balaban J connectivity index is 2.21. The molecular weight excluding hydrogens is 230 g/mol. The van der Waals surface area contributed by atoms with Gasteiger partial charge in [-0.15, -0.1) is 0 Å². The van der Waals surface area contributed by atoms with Crippen LogP contribution < -0.4 is 11.4 Å². The molecule has 3 N–H and O–H groups in total. The van der Waals surface area contributed by atoms with Crippen LogP contribution in [0.3, 0.4) is 0 Å². The van der Waals surface area contributed by atoms with Gasteiger partial charge in [-0.2, -0.15) is 0 Å². The maximum atomic E-state index is 10.9. The molecule has 18 heavy (non-hydrogen) atoms. The summed E-state index contributed by atoms with van der Waals surface area (Å²) in [6.45, 7) is 0. The summed E-state index contributed by atoms with van der Waals surface area (Å²) in [6.07, 6.45) is 4.55. The van der Waals surface area contributed by atoms with E-state index < -0.39 is 0 Å². The van der Waals surface area contributed by atoms with Crippen LogP contribution in [0.5, 0.6) is 0 Å². The molecule has 0 saturated carbocycles. The quantitative estimate of drug-likeness (QED) is 0.659. The molecule has 0 amide bonds. The van der Waals surface area contributed by atoms with Gasteiger partial charge in [-0.25, -0.2) is 19.7 Å². The third-order valence-corrected chi connectivity index (χ3v) is 2.67. The highest BCUT2D eigenvalue weighted by Crippen LogP contribution is 2.24. The van der Waals surface area contributed by atoms with Crippen LogP contribution in [0.25, 0.3) is 22.0 Å². The number of nitrogen functional groups attached to an aromatic ring is 1. The van der Waals surface area contributed by atoms with Crippen molar-refractivity contribution >= 4 is 16.7 Å². The number of hydrogen-bond acceptors (Lipinski definition) is 5. The molecule has 6 heteroatoms. The van der Waals surface area contributed by atoms with Gasteiger partial charge in [0.15, 0.2) is 0 Å². The zero-order valence-electron chi connectivity index (χ0n) is 9.29. The van der Waals surface area contributed by atoms with Crippen molar-refractivity contribution in [1.29, 1.82) is 0 Å². The topological polar surface area (TPSA) is 97.5 Å². The van der Waals surface area contributed by atoms with Crippen LogP contribution in [0.15, 0.2) is 41.7 Å². The molecule has 1 aromatic carbocycles. The van der Waals surface area contributed by atoms with E-state index in [2.05, 4.69) is 19.9 Å². The molecule has 6 nitrogen and oxygen atoms in total. The maximum absolute atomic E-state index is 10.9. The number of H-pyrrole nitrogens is 1. The van der Waals surface area contributed by atoms with Gasteiger partial charge in [0.25, 0.3) is 0 Å². The highest BCUT2D eigenvalue weighted by Gasteiger charge is 2.04. The van der Waals surface area contributed by atoms with Gasteiger partial charge in [-0.05, 0) is 17.7 Å². The molecular formula is C12H9N5O. The van der Waals surface area contributed by atoms with E-state index in [9.17, 15) is 4.79 Å². The number of nitrogens with one attached hydrogen (secondary N) is 1. The number of rotatable bonds is 1. The third-order valence-electron chi connectivity index (χ3n) is 2.67. The SMILES string of the molecule is Nc1ncnc2ccc(-c3cnc(=O)[nH]c3)cc12. The summed E-state index contributed by atoms with van der Waals surface area (Å²) >= 11 is 0. The van der Waals surface area contributed by atoms with Crippen LogP contribution in [0, 0.1) is 0 Å². The van der Waals surface area contributed by atoms with Crippen molar-refractivity contribution in [1.82, 2.24) is 19.9 Å². The lowest BCUT2D eigenvalue weighted by molar-refractivity contribution is 1.08. The van der Waals surface area contributed by atoms with E-state index in [1.165, 1.54) is 12.5 Å². The summed E-state index contributed by atoms with van der Waals surface area (Å²) in [6, 6.07) is 5.62. The average Bonchev–Trinajstić information content (AvgIpc) is 2.40. The van der Waals surface area contributed by atoms with Crippen molar-refractivity contribution in [3.8, 4) is 11.1 Å². The summed E-state index contributed by atoms with van der Waals surface area (Å²) in [5.74, 6) is 0.430. The molecule has 0 radical (unpaired) electrons. The molecule has 0 aliphatic rings. The van der Waals surface area contributed by atoms with Gasteiger partial charge in [-0.3, -0.25) is 0 Å². The van der Waals surface area contributed by atoms with E-state index in [0.717, 1.165) is 22.0 Å². The average molecular weight is 239 g/mol. The number of nitrogens with zero attached hydrogens (tertiary/aromatic N) is 3. The Morgan fingerprint density at radius 1 is 1.11 bits per heavy atom. The van der Waals surface area contributed by atoms with Gasteiger partial charge < -0.3 is 10.7 Å². The first-order valence-corrected chi connectivity index (χ1v) is 5.29. The van der Waals surface area contributed by atoms with E-state index in [4.69, 9.17) is 5.73 Å². The van der Waals surface area contributed by atoms with Crippen LogP contribution in [0.4, 0.5) is 5.82 Å². The van der Waals surface area contributed by atoms with Crippen molar-refractivity contribution in [3.63, 3.8) is 0 Å². The lowest BCUT2D eigenvalue weighted by atomic mass is 10.1. The summed E-state index contributed by atoms with van der Waals surface area (Å²) in [5, 5.41) is 0.779. The number of anilines is 1. The normalized spacial score (nSPS) is 10.7. The number of benzene rings is 1. The molecule has 2 aromatic heterocycles. The number of nitrogens with two attached hydrogens (primary N) is 1. The lowest BCUT2D eigenvalue weighted by Gasteiger charge is -2.04. The summed E-state index contributed by atoms with van der Waals surface area (Å²) in [5.41, 5.74) is 7.91. The van der Waals surface area contributed by atoms with Gasteiger partial charge in [0.1, 0.15) is 12.1 Å². The predicted molar refractivity (Wildman–Crippen MR) is 67.8 cm³/mol. The Morgan fingerprint density at radius 3 is 2.78 bits per heavy atom. The minimum absolute atomic E-state index is 0.373. The molecule has 3 rings (SSSR count). The number of fused-ring (bicyclic) bond motifs is 1. The zero-order chi connectivity index (χ0) is 12.5. The van der Waals surface area contributed by atoms with Crippen LogP contribution in [0.1, 0.15) is 0 Å². The molecule has 0 spiro atoms. The second-order valence-corrected chi connectivity index (χ2v) is 3.80. The van der Waals surface area contributed by atoms with Crippen LogP contribution in [-0.4, -0.2) is 19.9 Å². The predicted octanol–water partition coefficient (Wildman–Crippen LogP) is 0.962. The van der Waals surface area contributed by atoms with Crippen LogP contribution in [0.2, 0.25) is 0 Å². The van der Waals surface area contributed by atoms with E-state index >= 15 is 0 Å². The summed E-state index contributed by atoms with van der Waals surface area (Å²) in [4.78, 5) is 25.2. The Hall–Kier alpha value is -2.76. The van der Waals surface area contributed by atoms with E-state index in [1.807, 2.05) is 18.2 Å². The van der Waals surface area contributed by atoms with E-state index in [1.54, 1.807) is 6.20 Å². The zero-order valence-corrected chi connectivity index (χ0v) is 9.29. The van der Waals surface area contributed by atoms with Gasteiger partial charge in [0.05, 0.1) is 5.52 Å². The van der Waals surface area contributed by atoms with Gasteiger partial charge in [0.2, 0.25) is 0 Å². The molecule has 0 unspecified atom stereocenters. The largest absolute Gasteiger partial charge is 0.383 e. The monoisotopic (exact) mass is 239 g/mol. The molecule has 0 fully saturated rings. The van der Waals surface area contributed by atoms with Crippen molar-refractivity contribution in [3.05, 3.63) is 47.4 Å². The molecule has 0 aliphatic carbocycles. The molecule has 3 aromatic rings. The van der Waals surface area contributed by atoms with Crippen molar-refractivity contribution in [2.45, 2.75) is 0 Å². The molecule has 88 valence electrons. The molecule has 0 aliphatic heterocycles. The smallest absolute Gasteiger partial charge is 0.344 e. The highest BCUT2D eigenvalue weighted by atomic mass is 16.1. The van der Waals surface area contributed by atoms with Crippen LogP contribution >= 0.6 is 0 Å². The van der Waals surface area contributed by atoms with Gasteiger partial charge >= 0.3 is 5.69 Å². The Labute approximate surface area is 102 Å². The number of aromatic amines is 1. The molecule has 0 atom stereocenters. The third kappa shape index (κ3) is 1.69. The van der Waals surface area contributed by atoms with E-state index in [0.29, 0.717) is 5.82 Å². The first kappa shape index (κ1) is 10.4. The number of hydrogen-bond donors (Lipinski definition) is 2. The first-order valence-electron chi connectivity index (χ1n) is 5.29. The van der Waals surface area contributed by atoms with Crippen molar-refractivity contribution in [2.24, 2.45) is 0 Å². The maximum Gasteiger partial charge on any atom is 0.344 e. The molecule has 2 heterocycles. The summed E-state index contributed by atoms with van der Waals surface area (Å²) in [7, 11) is 0. The van der Waals surface area contributed by atoms with Crippen LogP contribution in [-0.2, 0) is 0 Å².